The maximum absolute atomic E-state index is 8.76. The van der Waals surface area contributed by atoms with Crippen LogP contribution in [0.5, 0.6) is 0 Å². The average molecular weight is 230 g/mol. The van der Waals surface area contributed by atoms with E-state index in [1.165, 1.54) is 4.88 Å². The number of hydrogen-bond acceptors (Lipinski definition) is 5. The number of pyridine rings is 1. The van der Waals surface area contributed by atoms with E-state index in [0.717, 1.165) is 10.8 Å². The van der Waals surface area contributed by atoms with Crippen molar-refractivity contribution in [2.45, 2.75) is 13.8 Å². The Bertz CT molecular complexity index is 534. The van der Waals surface area contributed by atoms with Gasteiger partial charge < -0.3 is 5.32 Å². The molecule has 2 aromatic rings. The zero-order valence-electron chi connectivity index (χ0n) is 8.98. The second-order valence-corrected chi connectivity index (χ2v) is 4.53. The van der Waals surface area contributed by atoms with Crippen molar-refractivity contribution >= 4 is 22.3 Å². The summed E-state index contributed by atoms with van der Waals surface area (Å²) in [5.41, 5.74) is 1.60. The van der Waals surface area contributed by atoms with Crippen molar-refractivity contribution in [3.63, 3.8) is 0 Å². The van der Waals surface area contributed by atoms with Gasteiger partial charge in [-0.3, -0.25) is 0 Å². The summed E-state index contributed by atoms with van der Waals surface area (Å²) in [6.45, 7) is 3.99. The first-order chi connectivity index (χ1) is 7.69. The lowest BCUT2D eigenvalue weighted by atomic mass is 10.3. The van der Waals surface area contributed by atoms with Crippen molar-refractivity contribution in [3.05, 3.63) is 34.5 Å². The van der Waals surface area contributed by atoms with Gasteiger partial charge in [-0.2, -0.15) is 5.26 Å². The van der Waals surface area contributed by atoms with Crippen LogP contribution in [0.2, 0.25) is 0 Å². The molecule has 80 valence electrons. The molecule has 0 saturated heterocycles. The molecule has 0 bridgehead atoms. The second-order valence-electron chi connectivity index (χ2n) is 3.33. The molecule has 0 aromatic carbocycles. The second kappa shape index (κ2) is 4.29. The standard InChI is InChI=1S/C11H10N4S/c1-7-8(2)16-11(14-7)15-10-5-9(6-12)3-4-13-10/h3-5H,1-2H3,(H,13,14,15). The molecule has 5 heteroatoms. The van der Waals surface area contributed by atoms with E-state index in [2.05, 4.69) is 21.4 Å². The van der Waals surface area contributed by atoms with Gasteiger partial charge in [0.1, 0.15) is 5.82 Å². The van der Waals surface area contributed by atoms with E-state index in [0.29, 0.717) is 11.4 Å². The number of rotatable bonds is 2. The Morgan fingerprint density at radius 1 is 1.44 bits per heavy atom. The minimum absolute atomic E-state index is 0.586. The highest BCUT2D eigenvalue weighted by atomic mass is 32.1. The van der Waals surface area contributed by atoms with Crippen LogP contribution in [-0.2, 0) is 0 Å². The molecule has 0 radical (unpaired) electrons. The Morgan fingerprint density at radius 3 is 2.88 bits per heavy atom. The molecule has 2 aromatic heterocycles. The summed E-state index contributed by atoms with van der Waals surface area (Å²) < 4.78 is 0. The van der Waals surface area contributed by atoms with Crippen LogP contribution < -0.4 is 5.32 Å². The summed E-state index contributed by atoms with van der Waals surface area (Å²) in [5, 5.41) is 12.6. The predicted octanol–water partition coefficient (Wildman–Crippen LogP) is 2.77. The summed E-state index contributed by atoms with van der Waals surface area (Å²) in [5.74, 6) is 0.646. The number of nitrogens with one attached hydrogen (secondary N) is 1. The van der Waals surface area contributed by atoms with Gasteiger partial charge in [0.05, 0.1) is 17.3 Å². The highest BCUT2D eigenvalue weighted by molar-refractivity contribution is 7.15. The first-order valence-electron chi connectivity index (χ1n) is 4.76. The Balaban J connectivity index is 2.24. The van der Waals surface area contributed by atoms with Crippen molar-refractivity contribution in [3.8, 4) is 6.07 Å². The van der Waals surface area contributed by atoms with Crippen LogP contribution in [0.15, 0.2) is 18.3 Å². The van der Waals surface area contributed by atoms with E-state index in [-0.39, 0.29) is 0 Å². The number of nitriles is 1. The van der Waals surface area contributed by atoms with Gasteiger partial charge in [-0.15, -0.1) is 11.3 Å². The number of aromatic nitrogens is 2. The Kier molecular flexibility index (Phi) is 2.84. The van der Waals surface area contributed by atoms with Gasteiger partial charge in [-0.1, -0.05) is 0 Å². The Labute approximate surface area is 97.6 Å². The molecule has 2 rings (SSSR count). The topological polar surface area (TPSA) is 61.6 Å². The molecule has 0 atom stereocenters. The van der Waals surface area contributed by atoms with E-state index in [4.69, 9.17) is 5.26 Å². The summed E-state index contributed by atoms with van der Waals surface area (Å²) >= 11 is 1.58. The molecular weight excluding hydrogens is 220 g/mol. The van der Waals surface area contributed by atoms with Gasteiger partial charge in [0.15, 0.2) is 5.13 Å². The molecule has 0 aliphatic carbocycles. The fourth-order valence-electron chi connectivity index (χ4n) is 1.20. The third-order valence-electron chi connectivity index (χ3n) is 2.15. The number of hydrogen-bond donors (Lipinski definition) is 1. The predicted molar refractivity (Wildman–Crippen MR) is 63.8 cm³/mol. The molecule has 0 aliphatic heterocycles. The summed E-state index contributed by atoms with van der Waals surface area (Å²) in [6, 6.07) is 5.44. The number of nitrogens with zero attached hydrogens (tertiary/aromatic N) is 3. The molecule has 16 heavy (non-hydrogen) atoms. The molecule has 2 heterocycles. The van der Waals surface area contributed by atoms with E-state index >= 15 is 0 Å². The van der Waals surface area contributed by atoms with Gasteiger partial charge in [0, 0.05) is 11.1 Å². The molecule has 0 saturated carbocycles. The molecule has 4 nitrogen and oxygen atoms in total. The van der Waals surface area contributed by atoms with Gasteiger partial charge in [-0.05, 0) is 26.0 Å². The SMILES string of the molecule is Cc1nc(Nc2cc(C#N)ccn2)sc1C. The molecular formula is C11H10N4S. The average Bonchev–Trinajstić information content (AvgIpc) is 2.58. The third-order valence-corrected chi connectivity index (χ3v) is 3.14. The van der Waals surface area contributed by atoms with Crippen LogP contribution in [0, 0.1) is 25.2 Å². The van der Waals surface area contributed by atoms with Crippen LogP contribution in [-0.4, -0.2) is 9.97 Å². The van der Waals surface area contributed by atoms with Crippen LogP contribution in [0.1, 0.15) is 16.1 Å². The number of aryl methyl sites for hydroxylation is 2. The van der Waals surface area contributed by atoms with Crippen molar-refractivity contribution in [1.29, 1.82) is 5.26 Å². The van der Waals surface area contributed by atoms with Crippen molar-refractivity contribution < 1.29 is 0 Å². The van der Waals surface area contributed by atoms with Crippen LogP contribution >= 0.6 is 11.3 Å². The maximum atomic E-state index is 8.76. The zero-order chi connectivity index (χ0) is 11.5. The first-order valence-corrected chi connectivity index (χ1v) is 5.58. The molecule has 1 N–H and O–H groups in total. The maximum Gasteiger partial charge on any atom is 0.188 e. The van der Waals surface area contributed by atoms with Crippen molar-refractivity contribution in [2.24, 2.45) is 0 Å². The molecule has 0 fully saturated rings. The number of anilines is 2. The van der Waals surface area contributed by atoms with E-state index in [1.807, 2.05) is 13.8 Å². The van der Waals surface area contributed by atoms with E-state index < -0.39 is 0 Å². The largest absolute Gasteiger partial charge is 0.316 e. The fourth-order valence-corrected chi connectivity index (χ4v) is 2.03. The smallest absolute Gasteiger partial charge is 0.188 e. The van der Waals surface area contributed by atoms with Crippen LogP contribution in [0.4, 0.5) is 10.9 Å². The van der Waals surface area contributed by atoms with Crippen molar-refractivity contribution in [1.82, 2.24) is 9.97 Å². The minimum atomic E-state index is 0.586. The van der Waals surface area contributed by atoms with E-state index in [1.54, 1.807) is 29.7 Å². The molecule has 0 aliphatic rings. The Morgan fingerprint density at radius 2 is 2.25 bits per heavy atom. The molecule has 0 amide bonds. The highest BCUT2D eigenvalue weighted by Gasteiger charge is 2.04. The Hall–Kier alpha value is -1.93. The zero-order valence-corrected chi connectivity index (χ0v) is 9.80. The lowest BCUT2D eigenvalue weighted by Gasteiger charge is -2.00. The molecule has 0 spiro atoms. The van der Waals surface area contributed by atoms with Gasteiger partial charge in [0.25, 0.3) is 0 Å². The first kappa shape index (κ1) is 10.6. The normalized spacial score (nSPS) is 9.81. The lowest BCUT2D eigenvalue weighted by molar-refractivity contribution is 1.21. The van der Waals surface area contributed by atoms with Gasteiger partial charge in [-0.25, -0.2) is 9.97 Å². The summed E-state index contributed by atoms with van der Waals surface area (Å²) in [4.78, 5) is 9.65. The van der Waals surface area contributed by atoms with Crippen LogP contribution in [0.3, 0.4) is 0 Å². The summed E-state index contributed by atoms with van der Waals surface area (Å²) in [6.07, 6.45) is 1.61. The van der Waals surface area contributed by atoms with Gasteiger partial charge in [0.2, 0.25) is 0 Å². The number of thiazole rings is 1. The third kappa shape index (κ3) is 2.18. The summed E-state index contributed by atoms with van der Waals surface area (Å²) in [7, 11) is 0. The quantitative estimate of drug-likeness (QED) is 0.861. The highest BCUT2D eigenvalue weighted by Crippen LogP contribution is 2.23. The monoisotopic (exact) mass is 230 g/mol. The lowest BCUT2D eigenvalue weighted by Crippen LogP contribution is -1.93. The van der Waals surface area contributed by atoms with Crippen molar-refractivity contribution in [2.75, 3.05) is 5.32 Å². The minimum Gasteiger partial charge on any atom is -0.316 e. The molecule has 0 unspecified atom stereocenters. The van der Waals surface area contributed by atoms with Crippen LogP contribution in [0.25, 0.3) is 0 Å². The van der Waals surface area contributed by atoms with E-state index in [9.17, 15) is 0 Å². The fraction of sp³-hybridized carbons (Fsp3) is 0.182. The van der Waals surface area contributed by atoms with Gasteiger partial charge >= 0.3 is 0 Å².